The highest BCUT2D eigenvalue weighted by Crippen LogP contribution is 2.24. The van der Waals surface area contributed by atoms with E-state index in [1.54, 1.807) is 19.2 Å². The van der Waals surface area contributed by atoms with Crippen molar-refractivity contribution >= 4 is 11.8 Å². The first-order valence-electron chi connectivity index (χ1n) is 9.86. The Morgan fingerprint density at radius 1 is 0.967 bits per heavy atom. The van der Waals surface area contributed by atoms with Gasteiger partial charge in [0.25, 0.3) is 11.8 Å². The van der Waals surface area contributed by atoms with E-state index in [1.165, 1.54) is 12.1 Å². The van der Waals surface area contributed by atoms with Crippen LogP contribution in [0, 0.1) is 0 Å². The molecule has 0 aromatic heterocycles. The Labute approximate surface area is 175 Å². The van der Waals surface area contributed by atoms with Crippen molar-refractivity contribution in [3.63, 3.8) is 0 Å². The lowest BCUT2D eigenvalue weighted by Crippen LogP contribution is -3.11. The van der Waals surface area contributed by atoms with E-state index < -0.39 is 12.7 Å². The zero-order chi connectivity index (χ0) is 21.9. The molecule has 0 aliphatic heterocycles. The van der Waals surface area contributed by atoms with Crippen LogP contribution in [0.15, 0.2) is 54.6 Å². The molecule has 2 atom stereocenters. The normalized spacial score (nSPS) is 12.8. The molecule has 0 radical (unpaired) electrons. The second kappa shape index (κ2) is 11.9. The van der Waals surface area contributed by atoms with Gasteiger partial charge in [-0.2, -0.15) is 8.78 Å². The molecule has 2 aromatic carbocycles. The molecule has 2 amide bonds. The zero-order valence-electron chi connectivity index (χ0n) is 17.2. The van der Waals surface area contributed by atoms with E-state index in [0.717, 1.165) is 22.4 Å². The fourth-order valence-electron chi connectivity index (χ4n) is 3.00. The topological polar surface area (TPSA) is 71.9 Å². The van der Waals surface area contributed by atoms with Crippen molar-refractivity contribution in [2.45, 2.75) is 26.0 Å². The summed E-state index contributed by atoms with van der Waals surface area (Å²) in [5.41, 5.74) is 1.58. The Kier molecular flexibility index (Phi) is 9.21. The average Bonchev–Trinajstić information content (AvgIpc) is 2.71. The SMILES string of the molecule is CCCNC(=O)C[NH+](C)CC(=O)N[C@@H](c1ccccc1)c1ccc(OC(F)F)cc1. The van der Waals surface area contributed by atoms with E-state index in [2.05, 4.69) is 15.4 Å². The number of halogens is 2. The maximum Gasteiger partial charge on any atom is 0.387 e. The quantitative estimate of drug-likeness (QED) is 0.516. The summed E-state index contributed by atoms with van der Waals surface area (Å²) >= 11 is 0. The molecule has 0 saturated carbocycles. The molecule has 3 N–H and O–H groups in total. The van der Waals surface area contributed by atoms with E-state index in [-0.39, 0.29) is 30.7 Å². The lowest BCUT2D eigenvalue weighted by atomic mass is 9.98. The molecule has 8 heteroatoms. The van der Waals surface area contributed by atoms with Crippen LogP contribution < -0.4 is 20.3 Å². The van der Waals surface area contributed by atoms with Crippen LogP contribution in [0.2, 0.25) is 0 Å². The fraction of sp³-hybridized carbons (Fsp3) is 0.364. The minimum Gasteiger partial charge on any atom is -0.435 e. The summed E-state index contributed by atoms with van der Waals surface area (Å²) < 4.78 is 29.2. The number of carbonyl (C=O) groups is 2. The monoisotopic (exact) mass is 420 g/mol. The Morgan fingerprint density at radius 3 is 2.17 bits per heavy atom. The molecule has 1 unspecified atom stereocenters. The van der Waals surface area contributed by atoms with Crippen molar-refractivity contribution in [2.24, 2.45) is 0 Å². The summed E-state index contributed by atoms with van der Waals surface area (Å²) in [6.45, 7) is 0.00628. The standard InChI is InChI=1S/C22H27F2N3O3/c1-3-13-25-19(28)14-27(2)15-20(29)26-21(16-7-5-4-6-8-16)17-9-11-18(12-10-17)30-22(23)24/h4-12,21-22H,3,13-15H2,1-2H3,(H,25,28)(H,26,29)/p+1/t21-/m0/s1. The Morgan fingerprint density at radius 2 is 1.57 bits per heavy atom. The van der Waals surface area contributed by atoms with Gasteiger partial charge in [-0.05, 0) is 29.7 Å². The summed E-state index contributed by atoms with van der Waals surface area (Å²) in [5.74, 6) is -0.275. The molecule has 0 aliphatic carbocycles. The minimum absolute atomic E-state index is 0.0501. The molecular weight excluding hydrogens is 392 g/mol. The van der Waals surface area contributed by atoms with Crippen LogP contribution in [0.4, 0.5) is 8.78 Å². The van der Waals surface area contributed by atoms with Gasteiger partial charge in [-0.3, -0.25) is 9.59 Å². The molecule has 0 saturated heterocycles. The summed E-state index contributed by atoms with van der Waals surface area (Å²) in [5, 5.41) is 5.77. The first-order chi connectivity index (χ1) is 14.4. The van der Waals surface area contributed by atoms with Gasteiger partial charge < -0.3 is 20.3 Å². The predicted molar refractivity (Wildman–Crippen MR) is 109 cm³/mol. The number of carbonyl (C=O) groups excluding carboxylic acids is 2. The molecule has 0 spiro atoms. The van der Waals surface area contributed by atoms with Crippen LogP contribution >= 0.6 is 0 Å². The summed E-state index contributed by atoms with van der Waals surface area (Å²) in [6.07, 6.45) is 0.852. The molecule has 0 heterocycles. The van der Waals surface area contributed by atoms with Crippen LogP contribution in [0.3, 0.4) is 0 Å². The molecule has 0 fully saturated rings. The third-order valence-corrected chi connectivity index (χ3v) is 4.37. The minimum atomic E-state index is -2.89. The maximum absolute atomic E-state index is 12.6. The smallest absolute Gasteiger partial charge is 0.387 e. The predicted octanol–water partition coefficient (Wildman–Crippen LogP) is 1.53. The van der Waals surface area contributed by atoms with Crippen LogP contribution in [0.5, 0.6) is 5.75 Å². The molecule has 2 aromatic rings. The third-order valence-electron chi connectivity index (χ3n) is 4.37. The van der Waals surface area contributed by atoms with Crippen molar-refractivity contribution in [1.82, 2.24) is 10.6 Å². The van der Waals surface area contributed by atoms with Gasteiger partial charge in [-0.1, -0.05) is 49.4 Å². The highest BCUT2D eigenvalue weighted by atomic mass is 19.3. The largest absolute Gasteiger partial charge is 0.435 e. The van der Waals surface area contributed by atoms with E-state index in [4.69, 9.17) is 0 Å². The molecule has 30 heavy (non-hydrogen) atoms. The summed E-state index contributed by atoms with van der Waals surface area (Å²) in [6, 6.07) is 15.1. The number of hydrogen-bond donors (Lipinski definition) is 3. The Bertz CT molecular complexity index is 801. The number of alkyl halides is 2. The van der Waals surface area contributed by atoms with E-state index in [1.807, 2.05) is 37.3 Å². The molecular formula is C22H28F2N3O3+. The number of hydrogen-bond acceptors (Lipinski definition) is 3. The number of quaternary nitrogens is 1. The Hall–Kier alpha value is -3.00. The maximum atomic E-state index is 12.6. The van der Waals surface area contributed by atoms with Gasteiger partial charge in [0, 0.05) is 6.54 Å². The van der Waals surface area contributed by atoms with Crippen molar-refractivity contribution < 1.29 is 28.0 Å². The van der Waals surface area contributed by atoms with Crippen LogP contribution in [-0.4, -0.2) is 45.1 Å². The van der Waals surface area contributed by atoms with Gasteiger partial charge >= 0.3 is 6.61 Å². The van der Waals surface area contributed by atoms with Crippen LogP contribution in [0.25, 0.3) is 0 Å². The van der Waals surface area contributed by atoms with Gasteiger partial charge in [-0.15, -0.1) is 0 Å². The molecule has 0 aliphatic rings. The molecule has 2 rings (SSSR count). The first-order valence-corrected chi connectivity index (χ1v) is 9.86. The number of benzene rings is 2. The number of amides is 2. The number of rotatable bonds is 11. The average molecular weight is 420 g/mol. The Balaban J connectivity index is 2.07. The number of ether oxygens (including phenoxy) is 1. The van der Waals surface area contributed by atoms with Crippen LogP contribution in [0.1, 0.15) is 30.5 Å². The van der Waals surface area contributed by atoms with Crippen molar-refractivity contribution in [3.05, 3.63) is 65.7 Å². The highest BCUT2D eigenvalue weighted by Gasteiger charge is 2.20. The van der Waals surface area contributed by atoms with E-state index in [9.17, 15) is 18.4 Å². The lowest BCUT2D eigenvalue weighted by Gasteiger charge is -2.21. The number of nitrogens with one attached hydrogen (secondary N) is 3. The van der Waals surface area contributed by atoms with E-state index in [0.29, 0.717) is 6.54 Å². The molecule has 6 nitrogen and oxygen atoms in total. The summed E-state index contributed by atoms with van der Waals surface area (Å²) in [7, 11) is 1.78. The second-order valence-electron chi connectivity index (χ2n) is 7.02. The lowest BCUT2D eigenvalue weighted by molar-refractivity contribution is -0.862. The zero-order valence-corrected chi connectivity index (χ0v) is 17.2. The molecule has 162 valence electrons. The van der Waals surface area contributed by atoms with Crippen LogP contribution in [-0.2, 0) is 9.59 Å². The summed E-state index contributed by atoms with van der Waals surface area (Å²) in [4.78, 5) is 25.2. The van der Waals surface area contributed by atoms with Gasteiger partial charge in [0.15, 0.2) is 13.1 Å². The highest BCUT2D eigenvalue weighted by molar-refractivity contribution is 5.79. The first kappa shape index (κ1) is 23.3. The van der Waals surface area contributed by atoms with Crippen molar-refractivity contribution in [3.8, 4) is 5.75 Å². The third kappa shape index (κ3) is 7.79. The fourth-order valence-corrected chi connectivity index (χ4v) is 3.00. The van der Waals surface area contributed by atoms with Crippen molar-refractivity contribution in [1.29, 1.82) is 0 Å². The van der Waals surface area contributed by atoms with Crippen molar-refractivity contribution in [2.75, 3.05) is 26.7 Å². The van der Waals surface area contributed by atoms with Gasteiger partial charge in [0.05, 0.1) is 13.1 Å². The molecule has 0 bridgehead atoms. The van der Waals surface area contributed by atoms with Gasteiger partial charge in [-0.25, -0.2) is 0 Å². The number of likely N-dealkylation sites (N-methyl/N-ethyl adjacent to an activating group) is 1. The van der Waals surface area contributed by atoms with Gasteiger partial charge in [0.1, 0.15) is 5.75 Å². The van der Waals surface area contributed by atoms with Gasteiger partial charge in [0.2, 0.25) is 0 Å². The van der Waals surface area contributed by atoms with E-state index >= 15 is 0 Å². The second-order valence-corrected chi connectivity index (χ2v) is 7.02.